The van der Waals surface area contributed by atoms with E-state index in [9.17, 15) is 0 Å². The summed E-state index contributed by atoms with van der Waals surface area (Å²) in [5, 5.41) is 0.140. The normalized spacial score (nSPS) is 14.9. The molecule has 3 atom stereocenters. The lowest BCUT2D eigenvalue weighted by Gasteiger charge is -2.40. The van der Waals surface area contributed by atoms with Crippen LogP contribution in [0.15, 0.2) is 67.3 Å². The zero-order valence-electron chi connectivity index (χ0n) is 22.2. The Kier molecular flexibility index (Phi) is 11.0. The van der Waals surface area contributed by atoms with E-state index in [-0.39, 0.29) is 23.4 Å². The first kappa shape index (κ1) is 28.3. The summed E-state index contributed by atoms with van der Waals surface area (Å²) < 4.78 is 24.8. The van der Waals surface area contributed by atoms with Crippen molar-refractivity contribution in [3.8, 4) is 5.75 Å². The molecule has 0 saturated heterocycles. The van der Waals surface area contributed by atoms with Crippen molar-refractivity contribution in [3.05, 3.63) is 78.4 Å². The summed E-state index contributed by atoms with van der Waals surface area (Å²) in [4.78, 5) is 0. The predicted octanol–water partition coefficient (Wildman–Crippen LogP) is 7.54. The highest BCUT2D eigenvalue weighted by Crippen LogP contribution is 2.38. The number of methoxy groups -OCH3 is 1. The number of hydrogen-bond donors (Lipinski definition) is 0. The van der Waals surface area contributed by atoms with Gasteiger partial charge in [0.1, 0.15) is 5.75 Å². The summed E-state index contributed by atoms with van der Waals surface area (Å²) >= 11 is 0. The number of hydrogen-bond acceptors (Lipinski definition) is 4. The lowest BCUT2D eigenvalue weighted by Crippen LogP contribution is -2.45. The second-order valence-electron chi connectivity index (χ2n) is 10.5. The molecule has 0 saturated carbocycles. The van der Waals surface area contributed by atoms with Gasteiger partial charge in [-0.2, -0.15) is 0 Å². The summed E-state index contributed by atoms with van der Waals surface area (Å²) in [5.74, 6) is 0.841. The molecule has 0 radical (unpaired) electrons. The molecule has 0 aliphatic heterocycles. The fourth-order valence-electron chi connectivity index (χ4n) is 3.46. The van der Waals surface area contributed by atoms with E-state index in [0.717, 1.165) is 29.7 Å². The van der Waals surface area contributed by atoms with Crippen molar-refractivity contribution in [2.45, 2.75) is 90.2 Å². The molecule has 0 amide bonds. The van der Waals surface area contributed by atoms with Crippen LogP contribution in [0.4, 0.5) is 0 Å². The standard InChI is InChI=1S/C29H44O4Si/c1-9-13-27(33-34(7,8)29(3,4)5)20-28(23(2)31-21-24-14-11-10-12-15-24)32-22-25-16-18-26(30-6)19-17-25/h9-12,14-19,23,27-28H,1,13,20-22H2,2-8H3/t23-,27+,28?/m1/s1. The molecule has 1 unspecified atom stereocenters. The van der Waals surface area contributed by atoms with Crippen LogP contribution >= 0.6 is 0 Å². The van der Waals surface area contributed by atoms with Gasteiger partial charge < -0.3 is 18.6 Å². The molecule has 0 heterocycles. The maximum Gasteiger partial charge on any atom is 0.192 e. The Morgan fingerprint density at radius 2 is 1.50 bits per heavy atom. The van der Waals surface area contributed by atoms with Crippen LogP contribution in [-0.4, -0.2) is 33.7 Å². The zero-order valence-corrected chi connectivity index (χ0v) is 23.2. The van der Waals surface area contributed by atoms with Gasteiger partial charge in [-0.25, -0.2) is 0 Å². The maximum absolute atomic E-state index is 6.78. The quantitative estimate of drug-likeness (QED) is 0.205. The minimum Gasteiger partial charge on any atom is -0.497 e. The Morgan fingerprint density at radius 1 is 0.912 bits per heavy atom. The van der Waals surface area contributed by atoms with E-state index in [4.69, 9.17) is 18.6 Å². The van der Waals surface area contributed by atoms with Crippen molar-refractivity contribution in [1.82, 2.24) is 0 Å². The molecular weight excluding hydrogens is 440 g/mol. The van der Waals surface area contributed by atoms with Gasteiger partial charge >= 0.3 is 0 Å². The van der Waals surface area contributed by atoms with Gasteiger partial charge in [-0.15, -0.1) is 6.58 Å². The van der Waals surface area contributed by atoms with Crippen LogP contribution < -0.4 is 4.74 Å². The molecule has 2 rings (SSSR count). The van der Waals surface area contributed by atoms with Crippen molar-refractivity contribution in [2.75, 3.05) is 7.11 Å². The lowest BCUT2D eigenvalue weighted by atomic mass is 10.0. The predicted molar refractivity (Wildman–Crippen MR) is 144 cm³/mol. The minimum absolute atomic E-state index is 0.0436. The fraction of sp³-hybridized carbons (Fsp3) is 0.517. The van der Waals surface area contributed by atoms with E-state index in [1.54, 1.807) is 7.11 Å². The summed E-state index contributed by atoms with van der Waals surface area (Å²) in [6.45, 7) is 18.6. The Labute approximate surface area is 208 Å². The summed E-state index contributed by atoms with van der Waals surface area (Å²) in [6.07, 6.45) is 3.34. The molecule has 34 heavy (non-hydrogen) atoms. The third-order valence-corrected chi connectivity index (χ3v) is 11.2. The van der Waals surface area contributed by atoms with Crippen LogP contribution in [0.25, 0.3) is 0 Å². The minimum atomic E-state index is -1.93. The molecule has 0 aromatic heterocycles. The van der Waals surface area contributed by atoms with Gasteiger partial charge in [-0.05, 0) is 54.7 Å². The lowest BCUT2D eigenvalue weighted by molar-refractivity contribution is -0.0916. The van der Waals surface area contributed by atoms with Crippen LogP contribution in [0.1, 0.15) is 51.7 Å². The molecule has 0 spiro atoms. The van der Waals surface area contributed by atoms with E-state index < -0.39 is 8.32 Å². The highest BCUT2D eigenvalue weighted by molar-refractivity contribution is 6.74. The third kappa shape index (κ3) is 9.03. The van der Waals surface area contributed by atoms with Crippen molar-refractivity contribution in [1.29, 1.82) is 0 Å². The van der Waals surface area contributed by atoms with Crippen LogP contribution in [0.3, 0.4) is 0 Å². The van der Waals surface area contributed by atoms with Gasteiger partial charge in [0.25, 0.3) is 0 Å². The van der Waals surface area contributed by atoms with Gasteiger partial charge in [0.05, 0.1) is 38.6 Å². The Bertz CT molecular complexity index is 843. The van der Waals surface area contributed by atoms with Gasteiger partial charge in [-0.1, -0.05) is 69.3 Å². The second kappa shape index (κ2) is 13.2. The zero-order chi connectivity index (χ0) is 25.2. The average Bonchev–Trinajstić information content (AvgIpc) is 2.80. The number of rotatable bonds is 14. The van der Waals surface area contributed by atoms with E-state index >= 15 is 0 Å². The molecule has 5 heteroatoms. The van der Waals surface area contributed by atoms with Crippen LogP contribution in [0.2, 0.25) is 18.1 Å². The summed E-state index contributed by atoms with van der Waals surface area (Å²) in [6, 6.07) is 18.3. The van der Waals surface area contributed by atoms with Crippen molar-refractivity contribution < 1.29 is 18.6 Å². The van der Waals surface area contributed by atoms with Gasteiger partial charge in [0.2, 0.25) is 0 Å². The fourth-order valence-corrected chi connectivity index (χ4v) is 4.84. The largest absolute Gasteiger partial charge is 0.497 e. The van der Waals surface area contributed by atoms with Crippen LogP contribution in [0, 0.1) is 0 Å². The molecule has 0 aliphatic rings. The van der Waals surface area contributed by atoms with Crippen LogP contribution in [0.5, 0.6) is 5.75 Å². The second-order valence-corrected chi connectivity index (χ2v) is 15.2. The number of benzene rings is 2. The van der Waals surface area contributed by atoms with Crippen molar-refractivity contribution >= 4 is 8.32 Å². The first-order valence-electron chi connectivity index (χ1n) is 12.2. The summed E-state index contributed by atoms with van der Waals surface area (Å²) in [7, 11) is -0.257. The highest BCUT2D eigenvalue weighted by Gasteiger charge is 2.39. The van der Waals surface area contributed by atoms with E-state index in [1.807, 2.05) is 48.5 Å². The molecule has 0 bridgehead atoms. The molecule has 2 aromatic rings. The summed E-state index contributed by atoms with van der Waals surface area (Å²) in [5.41, 5.74) is 2.26. The molecule has 0 fully saturated rings. The molecule has 0 aliphatic carbocycles. The van der Waals surface area contributed by atoms with Gasteiger partial charge in [0.15, 0.2) is 8.32 Å². The van der Waals surface area contributed by atoms with Crippen LogP contribution in [-0.2, 0) is 27.1 Å². The first-order chi connectivity index (χ1) is 16.1. The smallest absolute Gasteiger partial charge is 0.192 e. The molecular formula is C29H44O4Si. The monoisotopic (exact) mass is 484 g/mol. The van der Waals surface area contributed by atoms with Crippen molar-refractivity contribution in [2.24, 2.45) is 0 Å². The van der Waals surface area contributed by atoms with Crippen molar-refractivity contribution in [3.63, 3.8) is 0 Å². The van der Waals surface area contributed by atoms with Gasteiger partial charge in [0, 0.05) is 6.42 Å². The highest BCUT2D eigenvalue weighted by atomic mass is 28.4. The third-order valence-electron chi connectivity index (χ3n) is 6.69. The molecule has 4 nitrogen and oxygen atoms in total. The molecule has 0 N–H and O–H groups in total. The van der Waals surface area contributed by atoms with Gasteiger partial charge in [-0.3, -0.25) is 0 Å². The average molecular weight is 485 g/mol. The Balaban J connectivity index is 2.13. The first-order valence-corrected chi connectivity index (χ1v) is 15.2. The van der Waals surface area contributed by atoms with E-state index in [1.165, 1.54) is 0 Å². The maximum atomic E-state index is 6.78. The number of ether oxygens (including phenoxy) is 3. The van der Waals surface area contributed by atoms with E-state index in [2.05, 4.69) is 59.5 Å². The Morgan fingerprint density at radius 3 is 2.06 bits per heavy atom. The SMILES string of the molecule is C=CC[C@@H](CC(OCc1ccc(OC)cc1)[C@@H](C)OCc1ccccc1)O[Si](C)(C)C(C)(C)C. The Hall–Kier alpha value is -1.92. The van der Waals surface area contributed by atoms with E-state index in [0.29, 0.717) is 13.2 Å². The molecule has 188 valence electrons. The topological polar surface area (TPSA) is 36.9 Å². The molecule has 2 aromatic carbocycles.